The van der Waals surface area contributed by atoms with E-state index in [-0.39, 0.29) is 63.5 Å². The van der Waals surface area contributed by atoms with E-state index in [2.05, 4.69) is 0 Å². The molecule has 2 amide bonds. The molecule has 0 aliphatic carbocycles. The molecule has 3 rings (SSSR count). The fraction of sp³-hybridized carbons (Fsp3) is 0.619. The highest BCUT2D eigenvalue weighted by Gasteiger charge is 2.46. The van der Waals surface area contributed by atoms with Crippen molar-refractivity contribution in [1.29, 1.82) is 0 Å². The van der Waals surface area contributed by atoms with Crippen molar-refractivity contribution in [3.63, 3.8) is 0 Å². The van der Waals surface area contributed by atoms with Gasteiger partial charge in [-0.3, -0.25) is 14.9 Å². The number of hydrogen-bond donors (Lipinski definition) is 0. The van der Waals surface area contributed by atoms with Crippen molar-refractivity contribution in [3.05, 3.63) is 34.1 Å². The van der Waals surface area contributed by atoms with E-state index in [0.29, 0.717) is 0 Å². The smallest absolute Gasteiger partial charge is 0.410 e. The van der Waals surface area contributed by atoms with E-state index < -0.39 is 34.0 Å². The summed E-state index contributed by atoms with van der Waals surface area (Å²) in [5.41, 5.74) is -2.83. The number of nitro groups is 1. The zero-order valence-corrected chi connectivity index (χ0v) is 18.5. The summed E-state index contributed by atoms with van der Waals surface area (Å²) in [4.78, 5) is 39.6. The average Bonchev–Trinajstić information content (AvgIpc) is 2.72. The third-order valence-electron chi connectivity index (χ3n) is 5.64. The first-order chi connectivity index (χ1) is 14.9. The SMILES string of the molecule is CC(C)(C)OC(=O)N1CCC(F)(C(=O)N2CCN(c3ccc([N+](=O)[O-])cc3F)CC2)CC1. The predicted octanol–water partition coefficient (Wildman–Crippen LogP) is 3.12. The number of non-ortho nitro benzene ring substituents is 1. The normalized spacial score (nSPS) is 19.0. The van der Waals surface area contributed by atoms with Crippen LogP contribution >= 0.6 is 0 Å². The maximum absolute atomic E-state index is 15.4. The molecule has 2 heterocycles. The van der Waals surface area contributed by atoms with E-state index in [9.17, 15) is 24.1 Å². The quantitative estimate of drug-likeness (QED) is 0.514. The van der Waals surface area contributed by atoms with Gasteiger partial charge in [0.25, 0.3) is 11.6 Å². The molecule has 2 saturated heterocycles. The molecule has 0 spiro atoms. The van der Waals surface area contributed by atoms with Crippen molar-refractivity contribution >= 4 is 23.4 Å². The van der Waals surface area contributed by atoms with Crippen LogP contribution in [0.1, 0.15) is 33.6 Å². The number of nitrogens with zero attached hydrogens (tertiary/aromatic N) is 4. The first-order valence-electron chi connectivity index (χ1n) is 10.5. The number of alkyl halides is 1. The van der Waals surface area contributed by atoms with Crippen LogP contribution < -0.4 is 4.90 Å². The van der Waals surface area contributed by atoms with Crippen molar-refractivity contribution in [3.8, 4) is 0 Å². The number of anilines is 1. The fourth-order valence-electron chi connectivity index (χ4n) is 3.88. The summed E-state index contributed by atoms with van der Waals surface area (Å²) in [7, 11) is 0. The van der Waals surface area contributed by atoms with E-state index >= 15 is 4.39 Å². The molecule has 2 aliphatic rings. The van der Waals surface area contributed by atoms with Gasteiger partial charge < -0.3 is 19.4 Å². The van der Waals surface area contributed by atoms with Crippen LogP contribution in [-0.4, -0.2) is 77.3 Å². The van der Waals surface area contributed by atoms with Gasteiger partial charge in [-0.05, 0) is 26.8 Å². The number of halogens is 2. The van der Waals surface area contributed by atoms with Gasteiger partial charge in [-0.15, -0.1) is 0 Å². The maximum atomic E-state index is 15.4. The fourth-order valence-corrected chi connectivity index (χ4v) is 3.88. The lowest BCUT2D eigenvalue weighted by Crippen LogP contribution is -2.57. The molecule has 9 nitrogen and oxygen atoms in total. The molecular formula is C21H28F2N4O5. The van der Waals surface area contributed by atoms with Crippen molar-refractivity contribution < 1.29 is 28.0 Å². The third kappa shape index (κ3) is 5.25. The Morgan fingerprint density at radius 3 is 2.16 bits per heavy atom. The number of rotatable bonds is 3. The molecule has 0 saturated carbocycles. The standard InChI is InChI=1S/C21H28F2N4O5/c1-20(2,3)32-19(29)26-8-6-21(23,7-9-26)18(28)25-12-10-24(11-13-25)17-5-4-15(27(30)31)14-16(17)22/h4-5,14H,6-13H2,1-3H3. The number of piperazine rings is 1. The van der Waals surface area contributed by atoms with Crippen molar-refractivity contribution in [2.24, 2.45) is 0 Å². The molecular weight excluding hydrogens is 426 g/mol. The summed E-state index contributed by atoms with van der Waals surface area (Å²) in [6.45, 7) is 6.39. The second-order valence-electron chi connectivity index (χ2n) is 9.10. The maximum Gasteiger partial charge on any atom is 0.410 e. The monoisotopic (exact) mass is 454 g/mol. The molecule has 32 heavy (non-hydrogen) atoms. The summed E-state index contributed by atoms with van der Waals surface area (Å²) in [5, 5.41) is 10.8. The Balaban J connectivity index is 1.55. The van der Waals surface area contributed by atoms with Gasteiger partial charge in [0.1, 0.15) is 5.60 Å². The predicted molar refractivity (Wildman–Crippen MR) is 113 cm³/mol. The molecule has 1 aromatic carbocycles. The molecule has 0 radical (unpaired) electrons. The highest BCUT2D eigenvalue weighted by Crippen LogP contribution is 2.31. The van der Waals surface area contributed by atoms with Gasteiger partial charge >= 0.3 is 6.09 Å². The van der Waals surface area contributed by atoms with Crippen LogP contribution in [0.3, 0.4) is 0 Å². The van der Waals surface area contributed by atoms with E-state index in [1.807, 2.05) is 0 Å². The molecule has 2 fully saturated rings. The largest absolute Gasteiger partial charge is 0.444 e. The first-order valence-corrected chi connectivity index (χ1v) is 10.5. The highest BCUT2D eigenvalue weighted by atomic mass is 19.1. The molecule has 0 unspecified atom stereocenters. The van der Waals surface area contributed by atoms with Gasteiger partial charge in [-0.2, -0.15) is 0 Å². The van der Waals surface area contributed by atoms with E-state index in [0.717, 1.165) is 6.07 Å². The Morgan fingerprint density at radius 1 is 1.06 bits per heavy atom. The van der Waals surface area contributed by atoms with Gasteiger partial charge in [-0.1, -0.05) is 0 Å². The summed E-state index contributed by atoms with van der Waals surface area (Å²) < 4.78 is 35.0. The van der Waals surface area contributed by atoms with Crippen LogP contribution in [0, 0.1) is 15.9 Å². The van der Waals surface area contributed by atoms with Crippen molar-refractivity contribution in [2.75, 3.05) is 44.2 Å². The average molecular weight is 454 g/mol. The number of likely N-dealkylation sites (tertiary alicyclic amines) is 1. The Kier molecular flexibility index (Phi) is 6.56. The van der Waals surface area contributed by atoms with Gasteiger partial charge in [0.2, 0.25) is 0 Å². The second kappa shape index (κ2) is 8.87. The van der Waals surface area contributed by atoms with Crippen LogP contribution in [0.4, 0.5) is 25.0 Å². The lowest BCUT2D eigenvalue weighted by molar-refractivity contribution is -0.385. The minimum atomic E-state index is -2.06. The number of carbonyl (C=O) groups excluding carboxylic acids is 2. The van der Waals surface area contributed by atoms with Gasteiger partial charge in [-0.25, -0.2) is 13.6 Å². The molecule has 0 atom stereocenters. The number of hydrogen-bond acceptors (Lipinski definition) is 6. The zero-order chi connectivity index (χ0) is 23.7. The van der Waals surface area contributed by atoms with E-state index in [1.165, 1.54) is 21.9 Å². The molecule has 0 aromatic heterocycles. The lowest BCUT2D eigenvalue weighted by atomic mass is 9.91. The lowest BCUT2D eigenvalue weighted by Gasteiger charge is -2.41. The molecule has 0 bridgehead atoms. The Labute approximate surface area is 185 Å². The van der Waals surface area contributed by atoms with Crippen molar-refractivity contribution in [1.82, 2.24) is 9.80 Å². The minimum absolute atomic E-state index is 0.0884. The summed E-state index contributed by atoms with van der Waals surface area (Å²) in [5.74, 6) is -1.33. The second-order valence-corrected chi connectivity index (χ2v) is 9.10. The Bertz CT molecular complexity index is 889. The number of nitro benzene ring substituents is 1. The van der Waals surface area contributed by atoms with Crippen LogP contribution in [-0.2, 0) is 9.53 Å². The summed E-state index contributed by atoms with van der Waals surface area (Å²) in [6, 6.07) is 3.43. The number of carbonyl (C=O) groups is 2. The molecule has 0 N–H and O–H groups in total. The van der Waals surface area contributed by atoms with Crippen LogP contribution in [0.15, 0.2) is 18.2 Å². The van der Waals surface area contributed by atoms with Crippen molar-refractivity contribution in [2.45, 2.75) is 44.9 Å². The van der Waals surface area contributed by atoms with Crippen LogP contribution in [0.2, 0.25) is 0 Å². The van der Waals surface area contributed by atoms with Gasteiger partial charge in [0.05, 0.1) is 16.7 Å². The summed E-state index contributed by atoms with van der Waals surface area (Å²) >= 11 is 0. The molecule has 2 aliphatic heterocycles. The third-order valence-corrected chi connectivity index (χ3v) is 5.64. The van der Waals surface area contributed by atoms with Crippen LogP contribution in [0.5, 0.6) is 0 Å². The number of amides is 2. The topological polar surface area (TPSA) is 96.2 Å². The molecule has 1 aromatic rings. The Hall–Kier alpha value is -2.98. The number of benzene rings is 1. The van der Waals surface area contributed by atoms with E-state index in [1.54, 1.807) is 25.7 Å². The Morgan fingerprint density at radius 2 is 1.66 bits per heavy atom. The molecule has 11 heteroatoms. The molecule has 176 valence electrons. The highest BCUT2D eigenvalue weighted by molar-refractivity contribution is 5.86. The van der Waals surface area contributed by atoms with Crippen LogP contribution in [0.25, 0.3) is 0 Å². The van der Waals surface area contributed by atoms with Gasteiger partial charge in [0.15, 0.2) is 11.5 Å². The van der Waals surface area contributed by atoms with Gasteiger partial charge in [0, 0.05) is 58.2 Å². The minimum Gasteiger partial charge on any atom is -0.444 e. The first kappa shape index (κ1) is 23.7. The zero-order valence-electron chi connectivity index (χ0n) is 18.5. The number of piperidine rings is 1. The van der Waals surface area contributed by atoms with E-state index in [4.69, 9.17) is 4.74 Å². The number of ether oxygens (including phenoxy) is 1. The summed E-state index contributed by atoms with van der Waals surface area (Å²) in [6.07, 6.45) is -0.740.